The van der Waals surface area contributed by atoms with E-state index in [9.17, 15) is 14.4 Å². The summed E-state index contributed by atoms with van der Waals surface area (Å²) in [6, 6.07) is 4.27. The highest BCUT2D eigenvalue weighted by molar-refractivity contribution is 6.30. The van der Waals surface area contributed by atoms with Crippen LogP contribution in [0, 0.1) is 6.92 Å². The maximum Gasteiger partial charge on any atom is 0.308 e. The summed E-state index contributed by atoms with van der Waals surface area (Å²) in [5.41, 5.74) is 0.814. The highest BCUT2D eigenvalue weighted by Gasteiger charge is 2.35. The first-order valence-corrected chi connectivity index (χ1v) is 13.4. The summed E-state index contributed by atoms with van der Waals surface area (Å²) < 4.78 is 11.0. The number of nitrogens with one attached hydrogen (secondary N) is 1. The molecule has 1 aliphatic heterocycles. The van der Waals surface area contributed by atoms with E-state index in [1.54, 1.807) is 18.2 Å². The number of amides is 2. The highest BCUT2D eigenvalue weighted by Crippen LogP contribution is 2.22. The van der Waals surface area contributed by atoms with Crippen molar-refractivity contribution in [2.75, 3.05) is 26.3 Å². The molecule has 1 N–H and O–H groups in total. The predicted molar refractivity (Wildman–Crippen MR) is 138 cm³/mol. The Kier molecular flexibility index (Phi) is 13.6. The van der Waals surface area contributed by atoms with Crippen molar-refractivity contribution in [3.8, 4) is 5.75 Å². The Bertz CT molecular complexity index is 817. The Hall–Kier alpha value is -2.28. The lowest BCUT2D eigenvalue weighted by atomic mass is 10.1. The first-order valence-electron chi connectivity index (χ1n) is 13.0. The number of nitrogens with zero attached hydrogens (tertiary/aromatic N) is 1. The summed E-state index contributed by atoms with van der Waals surface area (Å²) in [6.45, 7) is 4.86. The molecule has 8 heteroatoms. The molecule has 7 nitrogen and oxygen atoms in total. The monoisotopic (exact) mass is 508 g/mol. The fourth-order valence-electron chi connectivity index (χ4n) is 4.21. The lowest BCUT2D eigenvalue weighted by molar-refractivity contribution is -0.152. The van der Waals surface area contributed by atoms with Crippen molar-refractivity contribution in [3.63, 3.8) is 0 Å². The molecule has 1 aromatic carbocycles. The van der Waals surface area contributed by atoms with Gasteiger partial charge in [0.1, 0.15) is 11.8 Å². The van der Waals surface area contributed by atoms with E-state index in [2.05, 4.69) is 12.2 Å². The van der Waals surface area contributed by atoms with Crippen LogP contribution in [0.4, 0.5) is 0 Å². The zero-order valence-electron chi connectivity index (χ0n) is 21.3. The van der Waals surface area contributed by atoms with Gasteiger partial charge in [0.25, 0.3) is 5.91 Å². The van der Waals surface area contributed by atoms with Gasteiger partial charge in [-0.1, -0.05) is 76.3 Å². The molecule has 1 unspecified atom stereocenters. The molecule has 1 aliphatic rings. The molecule has 2 rings (SSSR count). The maximum absolute atomic E-state index is 12.8. The molecule has 1 fully saturated rings. The summed E-state index contributed by atoms with van der Waals surface area (Å²) in [5, 5.41) is 3.32. The minimum atomic E-state index is -0.883. The van der Waals surface area contributed by atoms with Crippen LogP contribution in [0.25, 0.3) is 0 Å². The van der Waals surface area contributed by atoms with Crippen LogP contribution in [0.5, 0.6) is 5.75 Å². The van der Waals surface area contributed by atoms with E-state index in [0.717, 1.165) is 24.8 Å². The van der Waals surface area contributed by atoms with Crippen LogP contribution in [0.3, 0.4) is 0 Å². The third-order valence-electron chi connectivity index (χ3n) is 6.26. The fraction of sp³-hybridized carbons (Fsp3) is 0.667. The zero-order chi connectivity index (χ0) is 25.5. The molecule has 2 amide bonds. The SMILES string of the molecule is CCCCCCCCCCCCOC(=O)CC1C(=O)NCCN1C(=O)COc1ccc(Cl)cc1C. The Labute approximate surface area is 214 Å². The van der Waals surface area contributed by atoms with E-state index in [-0.39, 0.29) is 24.8 Å². The number of hydrogen-bond acceptors (Lipinski definition) is 5. The number of unbranched alkanes of at least 4 members (excludes halogenated alkanes) is 9. The molecule has 196 valence electrons. The van der Waals surface area contributed by atoms with Gasteiger partial charge in [-0.05, 0) is 37.1 Å². The lowest BCUT2D eigenvalue weighted by Crippen LogP contribution is -2.58. The zero-order valence-corrected chi connectivity index (χ0v) is 22.0. The van der Waals surface area contributed by atoms with Gasteiger partial charge in [-0.15, -0.1) is 0 Å². The summed E-state index contributed by atoms with van der Waals surface area (Å²) in [6.07, 6.45) is 11.9. The molecular formula is C27H41ClN2O5. The quantitative estimate of drug-likeness (QED) is 0.245. The molecule has 0 aromatic heterocycles. The standard InChI is InChI=1S/C27H41ClN2O5/c1-3-4-5-6-7-8-9-10-11-12-17-34-26(32)19-23-27(33)29-15-16-30(23)25(31)20-35-24-14-13-22(28)18-21(24)2/h13-14,18,23H,3-12,15-17,19-20H2,1-2H3,(H,29,33). The van der Waals surface area contributed by atoms with E-state index < -0.39 is 12.0 Å². The largest absolute Gasteiger partial charge is 0.483 e. The number of aryl methyl sites for hydroxylation is 1. The molecule has 1 atom stereocenters. The van der Waals surface area contributed by atoms with Gasteiger partial charge >= 0.3 is 5.97 Å². The van der Waals surface area contributed by atoms with E-state index in [0.29, 0.717) is 30.5 Å². The molecule has 0 aliphatic carbocycles. The number of carbonyl (C=O) groups is 3. The molecule has 1 aromatic rings. The van der Waals surface area contributed by atoms with Gasteiger partial charge in [-0.2, -0.15) is 0 Å². The first kappa shape index (κ1) is 29.0. The van der Waals surface area contributed by atoms with Crippen molar-refractivity contribution < 1.29 is 23.9 Å². The van der Waals surface area contributed by atoms with Gasteiger partial charge in [-0.3, -0.25) is 14.4 Å². The molecule has 1 saturated heterocycles. The number of halogens is 1. The second kappa shape index (κ2) is 16.4. The number of carbonyl (C=O) groups excluding carboxylic acids is 3. The van der Waals surface area contributed by atoms with Crippen LogP contribution in [-0.4, -0.2) is 55.0 Å². The van der Waals surface area contributed by atoms with E-state index in [1.807, 2.05) is 6.92 Å². The van der Waals surface area contributed by atoms with Gasteiger partial charge < -0.3 is 19.7 Å². The van der Waals surface area contributed by atoms with Crippen LogP contribution in [0.1, 0.15) is 83.1 Å². The summed E-state index contributed by atoms with van der Waals surface area (Å²) >= 11 is 5.96. The molecule has 0 saturated carbocycles. The van der Waals surface area contributed by atoms with Gasteiger partial charge in [0.15, 0.2) is 6.61 Å². The second-order valence-electron chi connectivity index (χ2n) is 9.20. The van der Waals surface area contributed by atoms with Gasteiger partial charge in [0, 0.05) is 18.1 Å². The van der Waals surface area contributed by atoms with Crippen molar-refractivity contribution in [2.24, 2.45) is 0 Å². The molecule has 0 spiro atoms. The van der Waals surface area contributed by atoms with E-state index in [4.69, 9.17) is 21.1 Å². The van der Waals surface area contributed by atoms with Gasteiger partial charge in [0.2, 0.25) is 5.91 Å². The number of ether oxygens (including phenoxy) is 2. The Morgan fingerprint density at radius 1 is 1.06 bits per heavy atom. The fourth-order valence-corrected chi connectivity index (χ4v) is 4.43. The number of piperazine rings is 1. The van der Waals surface area contributed by atoms with Crippen molar-refractivity contribution in [1.29, 1.82) is 0 Å². The molecule has 1 heterocycles. The molecule has 0 bridgehead atoms. The molecule has 0 radical (unpaired) electrons. The van der Waals surface area contributed by atoms with Crippen LogP contribution in [0.15, 0.2) is 18.2 Å². The predicted octanol–water partition coefficient (Wildman–Crippen LogP) is 5.21. The lowest BCUT2D eigenvalue weighted by Gasteiger charge is -2.34. The summed E-state index contributed by atoms with van der Waals surface area (Å²) in [4.78, 5) is 39.0. The third kappa shape index (κ3) is 10.9. The summed E-state index contributed by atoms with van der Waals surface area (Å²) in [7, 11) is 0. The maximum atomic E-state index is 12.8. The van der Waals surface area contributed by atoms with Crippen molar-refractivity contribution >= 4 is 29.4 Å². The minimum absolute atomic E-state index is 0.157. The average molecular weight is 509 g/mol. The summed E-state index contributed by atoms with van der Waals surface area (Å²) in [5.74, 6) is -0.600. The van der Waals surface area contributed by atoms with E-state index >= 15 is 0 Å². The average Bonchev–Trinajstić information content (AvgIpc) is 2.83. The number of esters is 1. The minimum Gasteiger partial charge on any atom is -0.483 e. The second-order valence-corrected chi connectivity index (χ2v) is 9.64. The van der Waals surface area contributed by atoms with Crippen molar-refractivity contribution in [3.05, 3.63) is 28.8 Å². The Morgan fingerprint density at radius 2 is 1.71 bits per heavy atom. The highest BCUT2D eigenvalue weighted by atomic mass is 35.5. The Balaban J connectivity index is 1.68. The van der Waals surface area contributed by atoms with Crippen LogP contribution in [0.2, 0.25) is 5.02 Å². The molecular weight excluding hydrogens is 468 g/mol. The van der Waals surface area contributed by atoms with Crippen LogP contribution < -0.4 is 10.1 Å². The Morgan fingerprint density at radius 3 is 2.37 bits per heavy atom. The smallest absolute Gasteiger partial charge is 0.308 e. The van der Waals surface area contributed by atoms with Crippen LogP contribution in [-0.2, 0) is 19.1 Å². The number of benzene rings is 1. The van der Waals surface area contributed by atoms with Crippen LogP contribution >= 0.6 is 11.6 Å². The first-order chi connectivity index (χ1) is 16.9. The van der Waals surface area contributed by atoms with E-state index in [1.165, 1.54) is 49.8 Å². The normalized spacial score (nSPS) is 15.6. The van der Waals surface area contributed by atoms with Gasteiger partial charge in [-0.25, -0.2) is 0 Å². The van der Waals surface area contributed by atoms with Crippen molar-refractivity contribution in [2.45, 2.75) is 90.5 Å². The van der Waals surface area contributed by atoms with Gasteiger partial charge in [0.05, 0.1) is 13.0 Å². The number of rotatable bonds is 16. The number of hydrogen-bond donors (Lipinski definition) is 1. The third-order valence-corrected chi connectivity index (χ3v) is 6.50. The molecule has 35 heavy (non-hydrogen) atoms. The van der Waals surface area contributed by atoms with Crippen molar-refractivity contribution in [1.82, 2.24) is 10.2 Å². The topological polar surface area (TPSA) is 84.9 Å².